The van der Waals surface area contributed by atoms with E-state index in [0.717, 1.165) is 18.7 Å². The number of aliphatic hydroxyl groups excluding tert-OH is 1. The van der Waals surface area contributed by atoms with E-state index < -0.39 is 6.10 Å². The highest BCUT2D eigenvalue weighted by Crippen LogP contribution is 2.14. The van der Waals surface area contributed by atoms with Gasteiger partial charge in [0.25, 0.3) is 5.91 Å². The summed E-state index contributed by atoms with van der Waals surface area (Å²) in [5.74, 6) is 0.645. The molecule has 104 valence electrons. The Kier molecular flexibility index (Phi) is 3.47. The topological polar surface area (TPSA) is 71.2 Å². The molecule has 20 heavy (non-hydrogen) atoms. The Morgan fingerprint density at radius 1 is 1.40 bits per heavy atom. The fourth-order valence-electron chi connectivity index (χ4n) is 2.38. The standard InChI is InChI=1S/C14H16N4O2/c19-12-2-1-6-17(9-12)14(20)11-3-4-13(16-8-11)18-7-5-15-10-18/h3-5,7-8,10,12,19H,1-2,6,9H2/t12-/m0/s1. The Bertz CT molecular complexity index is 580. The molecule has 3 heterocycles. The number of nitrogens with zero attached hydrogens (tertiary/aromatic N) is 4. The third-order valence-electron chi connectivity index (χ3n) is 3.45. The van der Waals surface area contributed by atoms with Crippen LogP contribution in [0.15, 0.2) is 37.1 Å². The number of carbonyl (C=O) groups is 1. The number of β-amino-alcohol motifs (C(OH)–C–C–N with tert-alkyl or cyclic N) is 1. The average molecular weight is 272 g/mol. The summed E-state index contributed by atoms with van der Waals surface area (Å²) in [6, 6.07) is 3.54. The molecule has 1 aliphatic rings. The second kappa shape index (κ2) is 5.42. The van der Waals surface area contributed by atoms with Crippen LogP contribution in [0, 0.1) is 0 Å². The van der Waals surface area contributed by atoms with Crippen LogP contribution in [-0.2, 0) is 0 Å². The molecule has 3 rings (SSSR count). The normalized spacial score (nSPS) is 19.1. The minimum absolute atomic E-state index is 0.0755. The summed E-state index contributed by atoms with van der Waals surface area (Å²) in [7, 11) is 0. The van der Waals surface area contributed by atoms with Crippen LogP contribution in [0.5, 0.6) is 0 Å². The SMILES string of the molecule is O=C(c1ccc(-n2ccnc2)nc1)N1CCC[C@H](O)C1. The molecule has 1 N–H and O–H groups in total. The number of carbonyl (C=O) groups excluding carboxylic acids is 1. The molecule has 1 aliphatic heterocycles. The summed E-state index contributed by atoms with van der Waals surface area (Å²) >= 11 is 0. The number of rotatable bonds is 2. The van der Waals surface area contributed by atoms with Gasteiger partial charge in [-0.05, 0) is 25.0 Å². The Hall–Kier alpha value is -2.21. The quantitative estimate of drug-likeness (QED) is 0.880. The number of likely N-dealkylation sites (tertiary alicyclic amines) is 1. The van der Waals surface area contributed by atoms with Crippen LogP contribution in [0.2, 0.25) is 0 Å². The molecule has 1 saturated heterocycles. The van der Waals surface area contributed by atoms with Gasteiger partial charge in [0, 0.05) is 31.7 Å². The van der Waals surface area contributed by atoms with Crippen molar-refractivity contribution >= 4 is 5.91 Å². The van der Waals surface area contributed by atoms with E-state index in [1.54, 1.807) is 46.5 Å². The predicted octanol–water partition coefficient (Wildman–Crippen LogP) is 0.864. The molecule has 0 spiro atoms. The van der Waals surface area contributed by atoms with Crippen molar-refractivity contribution in [3.8, 4) is 5.82 Å². The largest absolute Gasteiger partial charge is 0.391 e. The lowest BCUT2D eigenvalue weighted by atomic mass is 10.1. The van der Waals surface area contributed by atoms with Crippen molar-refractivity contribution in [1.82, 2.24) is 19.4 Å². The number of piperidine rings is 1. The van der Waals surface area contributed by atoms with Gasteiger partial charge in [-0.15, -0.1) is 0 Å². The second-order valence-electron chi connectivity index (χ2n) is 4.92. The van der Waals surface area contributed by atoms with E-state index >= 15 is 0 Å². The van der Waals surface area contributed by atoms with Gasteiger partial charge >= 0.3 is 0 Å². The zero-order chi connectivity index (χ0) is 13.9. The fraction of sp³-hybridized carbons (Fsp3) is 0.357. The van der Waals surface area contributed by atoms with Gasteiger partial charge in [0.15, 0.2) is 0 Å². The molecule has 0 saturated carbocycles. The predicted molar refractivity (Wildman–Crippen MR) is 72.5 cm³/mol. The highest BCUT2D eigenvalue weighted by Gasteiger charge is 2.23. The number of imidazole rings is 1. The third kappa shape index (κ3) is 2.55. The van der Waals surface area contributed by atoms with Crippen LogP contribution in [0.1, 0.15) is 23.2 Å². The van der Waals surface area contributed by atoms with Crippen LogP contribution in [0.3, 0.4) is 0 Å². The van der Waals surface area contributed by atoms with E-state index in [1.165, 1.54) is 0 Å². The number of hydrogen-bond donors (Lipinski definition) is 1. The van der Waals surface area contributed by atoms with Crippen molar-refractivity contribution in [1.29, 1.82) is 0 Å². The summed E-state index contributed by atoms with van der Waals surface area (Å²) in [4.78, 5) is 22.2. The molecule has 2 aromatic heterocycles. The van der Waals surface area contributed by atoms with Gasteiger partial charge in [-0.25, -0.2) is 9.97 Å². The summed E-state index contributed by atoms with van der Waals surface area (Å²) in [6.45, 7) is 1.10. The first kappa shape index (κ1) is 12.8. The van der Waals surface area contributed by atoms with Crippen molar-refractivity contribution in [2.24, 2.45) is 0 Å². The summed E-state index contributed by atoms with van der Waals surface area (Å²) in [5, 5.41) is 9.62. The summed E-state index contributed by atoms with van der Waals surface area (Å²) < 4.78 is 1.78. The van der Waals surface area contributed by atoms with E-state index in [1.807, 2.05) is 0 Å². The lowest BCUT2D eigenvalue weighted by molar-refractivity contribution is 0.0473. The van der Waals surface area contributed by atoms with Crippen molar-refractivity contribution in [3.63, 3.8) is 0 Å². The molecule has 0 bridgehead atoms. The van der Waals surface area contributed by atoms with Gasteiger partial charge in [-0.2, -0.15) is 0 Å². The van der Waals surface area contributed by atoms with Crippen LogP contribution in [0.4, 0.5) is 0 Å². The van der Waals surface area contributed by atoms with Gasteiger partial charge in [0.1, 0.15) is 12.1 Å². The van der Waals surface area contributed by atoms with Gasteiger partial charge in [-0.3, -0.25) is 9.36 Å². The van der Waals surface area contributed by atoms with Crippen molar-refractivity contribution in [2.45, 2.75) is 18.9 Å². The van der Waals surface area contributed by atoms with Crippen LogP contribution >= 0.6 is 0 Å². The van der Waals surface area contributed by atoms with E-state index in [4.69, 9.17) is 0 Å². The van der Waals surface area contributed by atoms with E-state index in [-0.39, 0.29) is 5.91 Å². The molecule has 2 aromatic rings. The minimum Gasteiger partial charge on any atom is -0.391 e. The van der Waals surface area contributed by atoms with E-state index in [0.29, 0.717) is 18.7 Å². The lowest BCUT2D eigenvalue weighted by Gasteiger charge is -2.30. The van der Waals surface area contributed by atoms with E-state index in [2.05, 4.69) is 9.97 Å². The van der Waals surface area contributed by atoms with E-state index in [9.17, 15) is 9.90 Å². The molecule has 0 aliphatic carbocycles. The minimum atomic E-state index is -0.411. The Labute approximate surface area is 116 Å². The zero-order valence-electron chi connectivity index (χ0n) is 11.0. The lowest BCUT2D eigenvalue weighted by Crippen LogP contribution is -2.42. The average Bonchev–Trinajstić information content (AvgIpc) is 3.01. The number of pyridine rings is 1. The maximum atomic E-state index is 12.3. The molecular formula is C14H16N4O2. The van der Waals surface area contributed by atoms with Gasteiger partial charge in [0.2, 0.25) is 0 Å². The second-order valence-corrected chi connectivity index (χ2v) is 4.92. The zero-order valence-corrected chi connectivity index (χ0v) is 11.0. The molecule has 6 nitrogen and oxygen atoms in total. The molecule has 6 heteroatoms. The molecule has 0 radical (unpaired) electrons. The highest BCUT2D eigenvalue weighted by molar-refractivity contribution is 5.94. The summed E-state index contributed by atoms with van der Waals surface area (Å²) in [6.07, 6.45) is 7.89. The molecule has 1 atom stereocenters. The maximum absolute atomic E-state index is 12.3. The first-order valence-electron chi connectivity index (χ1n) is 6.66. The number of aliphatic hydroxyl groups is 1. The third-order valence-corrected chi connectivity index (χ3v) is 3.45. The van der Waals surface area contributed by atoms with Crippen molar-refractivity contribution in [3.05, 3.63) is 42.6 Å². The highest BCUT2D eigenvalue weighted by atomic mass is 16.3. The first-order valence-corrected chi connectivity index (χ1v) is 6.66. The van der Waals surface area contributed by atoms with Crippen molar-refractivity contribution in [2.75, 3.05) is 13.1 Å². The molecular weight excluding hydrogens is 256 g/mol. The molecule has 1 amide bonds. The smallest absolute Gasteiger partial charge is 0.255 e. The van der Waals surface area contributed by atoms with Crippen LogP contribution in [0.25, 0.3) is 5.82 Å². The van der Waals surface area contributed by atoms with Crippen LogP contribution < -0.4 is 0 Å². The number of hydrogen-bond acceptors (Lipinski definition) is 4. The Balaban J connectivity index is 1.75. The Morgan fingerprint density at radius 2 is 2.30 bits per heavy atom. The van der Waals surface area contributed by atoms with Crippen LogP contribution in [-0.4, -0.2) is 49.6 Å². The number of amides is 1. The molecule has 0 unspecified atom stereocenters. The Morgan fingerprint density at radius 3 is 2.95 bits per heavy atom. The maximum Gasteiger partial charge on any atom is 0.255 e. The first-order chi connectivity index (χ1) is 9.74. The van der Waals surface area contributed by atoms with Gasteiger partial charge in [0.05, 0.1) is 11.7 Å². The number of aromatic nitrogens is 3. The molecule has 1 fully saturated rings. The molecule has 0 aromatic carbocycles. The van der Waals surface area contributed by atoms with Gasteiger partial charge in [-0.1, -0.05) is 0 Å². The van der Waals surface area contributed by atoms with Crippen molar-refractivity contribution < 1.29 is 9.90 Å². The monoisotopic (exact) mass is 272 g/mol. The fourth-order valence-corrected chi connectivity index (χ4v) is 2.38. The summed E-state index contributed by atoms with van der Waals surface area (Å²) in [5.41, 5.74) is 0.544. The van der Waals surface area contributed by atoms with Gasteiger partial charge < -0.3 is 10.0 Å².